The van der Waals surface area contributed by atoms with Crippen molar-refractivity contribution in [1.82, 2.24) is 9.97 Å². The normalized spacial score (nSPS) is 10.0. The number of nitrogens with one attached hydrogen (secondary N) is 1. The number of anilines is 2. The Kier molecular flexibility index (Phi) is 3.35. The largest absolute Gasteiger partial charge is 0.339 e. The summed E-state index contributed by atoms with van der Waals surface area (Å²) in [6.07, 6.45) is 1.95. The molecule has 0 aliphatic carbocycles. The lowest BCUT2D eigenvalue weighted by Gasteiger charge is -2.08. The van der Waals surface area contributed by atoms with E-state index in [9.17, 15) is 4.79 Å². The van der Waals surface area contributed by atoms with Gasteiger partial charge in [0.2, 0.25) is 0 Å². The van der Waals surface area contributed by atoms with Crippen molar-refractivity contribution >= 4 is 29.4 Å². The van der Waals surface area contributed by atoms with Crippen LogP contribution in [0.5, 0.6) is 0 Å². The van der Waals surface area contributed by atoms with Crippen molar-refractivity contribution in [2.75, 3.05) is 5.32 Å². The molecule has 0 aliphatic rings. The van der Waals surface area contributed by atoms with Gasteiger partial charge in [-0.05, 0) is 19.1 Å². The van der Waals surface area contributed by atoms with Crippen LogP contribution in [-0.2, 0) is 0 Å². The monoisotopic (exact) mass is 247 g/mol. The Morgan fingerprint density at radius 1 is 1.24 bits per heavy atom. The number of aldehydes is 1. The number of aromatic nitrogens is 2. The van der Waals surface area contributed by atoms with Gasteiger partial charge in [0.25, 0.3) is 0 Å². The molecule has 1 aromatic heterocycles. The maximum atomic E-state index is 10.9. The molecule has 1 heterocycles. The molecule has 0 bridgehead atoms. The fraction of sp³-hybridized carbons (Fsp3) is 0.0833. The lowest BCUT2D eigenvalue weighted by molar-refractivity contribution is 0.112. The molecular weight excluding hydrogens is 238 g/mol. The van der Waals surface area contributed by atoms with Crippen LogP contribution in [0.1, 0.15) is 15.9 Å². The Balaban J connectivity index is 2.33. The lowest BCUT2D eigenvalue weighted by Crippen LogP contribution is -2.00. The van der Waals surface area contributed by atoms with Crippen molar-refractivity contribution < 1.29 is 4.79 Å². The molecule has 2 rings (SSSR count). The van der Waals surface area contributed by atoms with E-state index in [0.29, 0.717) is 12.1 Å². The van der Waals surface area contributed by atoms with Gasteiger partial charge in [-0.2, -0.15) is 0 Å². The second kappa shape index (κ2) is 4.93. The molecule has 0 fully saturated rings. The van der Waals surface area contributed by atoms with E-state index >= 15 is 0 Å². The highest BCUT2D eigenvalue weighted by atomic mass is 35.5. The van der Waals surface area contributed by atoms with Gasteiger partial charge in [0, 0.05) is 5.69 Å². The standard InChI is InChI=1S/C12H10ClN3O/c1-8-2-4-9(5-3-8)16-12-10(6-17)11(13)14-7-15-12/h2-7H,1H3,(H,14,15,16). The zero-order chi connectivity index (χ0) is 12.3. The van der Waals surface area contributed by atoms with Crippen LogP contribution in [0.4, 0.5) is 11.5 Å². The molecule has 1 N–H and O–H groups in total. The number of hydrogen-bond donors (Lipinski definition) is 1. The minimum atomic E-state index is 0.143. The Labute approximate surface area is 104 Å². The van der Waals surface area contributed by atoms with Crippen LogP contribution in [0, 0.1) is 6.92 Å². The van der Waals surface area contributed by atoms with Crippen LogP contribution in [0.25, 0.3) is 0 Å². The summed E-state index contributed by atoms with van der Waals surface area (Å²) in [6, 6.07) is 7.73. The van der Waals surface area contributed by atoms with Crippen LogP contribution < -0.4 is 5.32 Å². The van der Waals surface area contributed by atoms with Crippen molar-refractivity contribution in [3.05, 3.63) is 46.9 Å². The second-order valence-electron chi connectivity index (χ2n) is 3.54. The van der Waals surface area contributed by atoms with Gasteiger partial charge in [-0.25, -0.2) is 9.97 Å². The van der Waals surface area contributed by atoms with Crippen molar-refractivity contribution in [2.45, 2.75) is 6.92 Å². The van der Waals surface area contributed by atoms with Gasteiger partial charge >= 0.3 is 0 Å². The molecule has 86 valence electrons. The topological polar surface area (TPSA) is 54.9 Å². The first kappa shape index (κ1) is 11.5. The summed E-state index contributed by atoms with van der Waals surface area (Å²) in [6.45, 7) is 2.00. The molecule has 1 aromatic carbocycles. The molecule has 0 unspecified atom stereocenters. The molecule has 0 saturated carbocycles. The third-order valence-corrected chi connectivity index (χ3v) is 2.57. The number of aryl methyl sites for hydroxylation is 1. The number of hydrogen-bond acceptors (Lipinski definition) is 4. The Morgan fingerprint density at radius 2 is 1.94 bits per heavy atom. The van der Waals surface area contributed by atoms with E-state index in [0.717, 1.165) is 11.3 Å². The summed E-state index contributed by atoms with van der Waals surface area (Å²) >= 11 is 5.80. The molecule has 2 aromatic rings. The van der Waals surface area contributed by atoms with Gasteiger partial charge in [-0.1, -0.05) is 29.3 Å². The van der Waals surface area contributed by atoms with Gasteiger partial charge in [0.1, 0.15) is 17.3 Å². The number of rotatable bonds is 3. The number of nitrogens with zero attached hydrogens (tertiary/aromatic N) is 2. The fourth-order valence-corrected chi connectivity index (χ4v) is 1.53. The zero-order valence-electron chi connectivity index (χ0n) is 9.14. The first-order valence-corrected chi connectivity index (χ1v) is 5.38. The molecule has 0 spiro atoms. The number of carbonyl (C=O) groups excluding carboxylic acids is 1. The second-order valence-corrected chi connectivity index (χ2v) is 3.89. The fourth-order valence-electron chi connectivity index (χ4n) is 1.35. The first-order chi connectivity index (χ1) is 8.20. The van der Waals surface area contributed by atoms with Gasteiger partial charge in [-0.3, -0.25) is 4.79 Å². The van der Waals surface area contributed by atoms with Crippen molar-refractivity contribution in [2.24, 2.45) is 0 Å². The summed E-state index contributed by atoms with van der Waals surface area (Å²) < 4.78 is 0. The van der Waals surface area contributed by atoms with Gasteiger partial charge in [0.05, 0.1) is 5.56 Å². The highest BCUT2D eigenvalue weighted by molar-refractivity contribution is 6.32. The summed E-state index contributed by atoms with van der Waals surface area (Å²) in [4.78, 5) is 18.6. The zero-order valence-corrected chi connectivity index (χ0v) is 9.90. The van der Waals surface area contributed by atoms with Crippen molar-refractivity contribution in [1.29, 1.82) is 0 Å². The Bertz CT molecular complexity index is 540. The Hall–Kier alpha value is -1.94. The van der Waals surface area contributed by atoms with Crippen LogP contribution in [0.3, 0.4) is 0 Å². The molecule has 0 aliphatic heterocycles. The summed E-state index contributed by atoms with van der Waals surface area (Å²) in [5.74, 6) is 0.406. The summed E-state index contributed by atoms with van der Waals surface area (Å²) in [7, 11) is 0. The highest BCUT2D eigenvalue weighted by Crippen LogP contribution is 2.21. The van der Waals surface area contributed by atoms with E-state index < -0.39 is 0 Å². The van der Waals surface area contributed by atoms with E-state index in [1.54, 1.807) is 0 Å². The molecule has 0 atom stereocenters. The van der Waals surface area contributed by atoms with E-state index in [2.05, 4.69) is 15.3 Å². The molecular formula is C12H10ClN3O. The number of carbonyl (C=O) groups is 1. The summed E-state index contributed by atoms with van der Waals surface area (Å²) in [5, 5.41) is 3.17. The highest BCUT2D eigenvalue weighted by Gasteiger charge is 2.08. The van der Waals surface area contributed by atoms with E-state index in [1.807, 2.05) is 31.2 Å². The third-order valence-electron chi connectivity index (χ3n) is 2.27. The lowest BCUT2D eigenvalue weighted by atomic mass is 10.2. The molecule has 0 radical (unpaired) electrons. The number of halogens is 1. The van der Waals surface area contributed by atoms with Gasteiger partial charge < -0.3 is 5.32 Å². The molecule has 0 saturated heterocycles. The van der Waals surface area contributed by atoms with Crippen molar-refractivity contribution in [3.63, 3.8) is 0 Å². The molecule has 5 heteroatoms. The average Bonchev–Trinajstić information content (AvgIpc) is 2.32. The van der Waals surface area contributed by atoms with Crippen LogP contribution in [-0.4, -0.2) is 16.3 Å². The van der Waals surface area contributed by atoms with E-state index in [4.69, 9.17) is 11.6 Å². The maximum Gasteiger partial charge on any atom is 0.156 e. The number of benzene rings is 1. The molecule has 4 nitrogen and oxygen atoms in total. The van der Waals surface area contributed by atoms with Crippen LogP contribution >= 0.6 is 11.6 Å². The van der Waals surface area contributed by atoms with E-state index in [1.165, 1.54) is 6.33 Å². The predicted octanol–water partition coefficient (Wildman–Crippen LogP) is 2.99. The minimum Gasteiger partial charge on any atom is -0.339 e. The van der Waals surface area contributed by atoms with Gasteiger partial charge in [-0.15, -0.1) is 0 Å². The molecule has 17 heavy (non-hydrogen) atoms. The van der Waals surface area contributed by atoms with E-state index in [-0.39, 0.29) is 10.7 Å². The average molecular weight is 248 g/mol. The van der Waals surface area contributed by atoms with Crippen LogP contribution in [0.15, 0.2) is 30.6 Å². The first-order valence-electron chi connectivity index (χ1n) is 5.00. The van der Waals surface area contributed by atoms with Crippen molar-refractivity contribution in [3.8, 4) is 0 Å². The summed E-state index contributed by atoms with van der Waals surface area (Å²) in [5.41, 5.74) is 2.26. The third kappa shape index (κ3) is 2.60. The van der Waals surface area contributed by atoms with Crippen LogP contribution in [0.2, 0.25) is 5.15 Å². The molecule has 0 amide bonds. The minimum absolute atomic E-state index is 0.143. The Morgan fingerprint density at radius 3 is 2.59 bits per heavy atom. The quantitative estimate of drug-likeness (QED) is 0.669. The maximum absolute atomic E-state index is 10.9. The predicted molar refractivity (Wildman–Crippen MR) is 66.9 cm³/mol. The smallest absolute Gasteiger partial charge is 0.156 e. The SMILES string of the molecule is Cc1ccc(Nc2ncnc(Cl)c2C=O)cc1. The van der Waals surface area contributed by atoms with Gasteiger partial charge in [0.15, 0.2) is 6.29 Å².